The van der Waals surface area contributed by atoms with Crippen molar-refractivity contribution in [3.63, 3.8) is 0 Å². The maximum Gasteiger partial charge on any atom is 0.293 e. The number of phenolic OH excluding ortho intramolecular Hbond substituents is 1. The predicted molar refractivity (Wildman–Crippen MR) is 105 cm³/mol. The molecular weight excluding hydrogens is 430 g/mol. The molecule has 0 fully saturated rings. The van der Waals surface area contributed by atoms with Gasteiger partial charge < -0.3 is 5.11 Å². The first-order valence-corrected chi connectivity index (χ1v) is 8.80. The summed E-state index contributed by atoms with van der Waals surface area (Å²) < 4.78 is 2.03. The van der Waals surface area contributed by atoms with Crippen molar-refractivity contribution in [1.82, 2.24) is 15.2 Å². The number of non-ortho nitro benzene ring substituents is 1. The lowest BCUT2D eigenvalue weighted by atomic mass is 10.2. The summed E-state index contributed by atoms with van der Waals surface area (Å²) in [5, 5.41) is 28.2. The highest BCUT2D eigenvalue weighted by Crippen LogP contribution is 2.17. The SMILES string of the molecule is O=C(N/N=C/c1cccc(O)c1)c1nn(Cc2ccc([N+](=O)[O-])cc2)cc1Br. The number of hydrogen-bond donors (Lipinski definition) is 2. The summed E-state index contributed by atoms with van der Waals surface area (Å²) >= 11 is 3.29. The van der Waals surface area contributed by atoms with Crippen LogP contribution in [0.3, 0.4) is 0 Å². The summed E-state index contributed by atoms with van der Waals surface area (Å²) in [5.41, 5.74) is 3.96. The molecule has 0 unspecified atom stereocenters. The predicted octanol–water partition coefficient (Wildman–Crippen LogP) is 3.07. The van der Waals surface area contributed by atoms with Gasteiger partial charge in [0.25, 0.3) is 11.6 Å². The van der Waals surface area contributed by atoms with Crippen molar-refractivity contribution in [3.8, 4) is 5.75 Å². The van der Waals surface area contributed by atoms with Gasteiger partial charge in [0.05, 0.1) is 22.2 Å². The van der Waals surface area contributed by atoms with Crippen LogP contribution in [0, 0.1) is 10.1 Å². The Balaban J connectivity index is 1.65. The van der Waals surface area contributed by atoms with Gasteiger partial charge in [-0.2, -0.15) is 10.2 Å². The fourth-order valence-corrected chi connectivity index (χ4v) is 2.86. The Hall–Kier alpha value is -3.53. The van der Waals surface area contributed by atoms with Crippen LogP contribution in [-0.2, 0) is 6.54 Å². The summed E-state index contributed by atoms with van der Waals surface area (Å²) in [6, 6.07) is 12.5. The number of phenols is 1. The van der Waals surface area contributed by atoms with Crippen molar-refractivity contribution >= 4 is 33.7 Å². The first kappa shape index (κ1) is 19.2. The molecule has 142 valence electrons. The minimum atomic E-state index is -0.509. The first-order valence-electron chi connectivity index (χ1n) is 8.01. The summed E-state index contributed by atoms with van der Waals surface area (Å²) in [6.07, 6.45) is 3.04. The van der Waals surface area contributed by atoms with E-state index in [1.54, 1.807) is 35.1 Å². The zero-order valence-electron chi connectivity index (χ0n) is 14.3. The number of aromatic hydroxyl groups is 1. The monoisotopic (exact) mass is 443 g/mol. The van der Waals surface area contributed by atoms with Gasteiger partial charge in [0, 0.05) is 18.3 Å². The van der Waals surface area contributed by atoms with E-state index in [1.807, 2.05) is 0 Å². The smallest absolute Gasteiger partial charge is 0.293 e. The zero-order chi connectivity index (χ0) is 20.1. The van der Waals surface area contributed by atoms with E-state index < -0.39 is 10.8 Å². The molecule has 10 heteroatoms. The van der Waals surface area contributed by atoms with Crippen molar-refractivity contribution in [2.45, 2.75) is 6.54 Å². The Bertz CT molecular complexity index is 1050. The number of aromatic nitrogens is 2. The van der Waals surface area contributed by atoms with Crippen LogP contribution in [0.1, 0.15) is 21.6 Å². The highest BCUT2D eigenvalue weighted by molar-refractivity contribution is 9.10. The number of amides is 1. The number of nitro groups is 1. The molecule has 0 saturated heterocycles. The average molecular weight is 444 g/mol. The second-order valence-electron chi connectivity index (χ2n) is 5.74. The summed E-state index contributed by atoms with van der Waals surface area (Å²) in [5.74, 6) is -0.409. The van der Waals surface area contributed by atoms with Gasteiger partial charge >= 0.3 is 0 Å². The first-order chi connectivity index (χ1) is 13.4. The molecule has 9 nitrogen and oxygen atoms in total. The second-order valence-corrected chi connectivity index (χ2v) is 6.60. The minimum absolute atomic E-state index is 0.00931. The van der Waals surface area contributed by atoms with Crippen LogP contribution >= 0.6 is 15.9 Å². The summed E-state index contributed by atoms with van der Waals surface area (Å²) in [4.78, 5) is 22.5. The molecule has 2 aromatic carbocycles. The van der Waals surface area contributed by atoms with Crippen LogP contribution in [0.15, 0.2) is 64.3 Å². The molecule has 0 atom stereocenters. The fourth-order valence-electron chi connectivity index (χ4n) is 2.37. The Morgan fingerprint density at radius 3 is 2.75 bits per heavy atom. The van der Waals surface area contributed by atoms with E-state index in [4.69, 9.17) is 0 Å². The standard InChI is InChI=1S/C18H14BrN5O4/c19-16-11-23(10-12-4-6-14(7-5-12)24(27)28)22-17(16)18(26)21-20-9-13-2-1-3-15(25)8-13/h1-9,11,25H,10H2,(H,21,26)/b20-9+. The van der Waals surface area contributed by atoms with Crippen molar-refractivity contribution in [3.05, 3.63) is 86.1 Å². The third-order valence-electron chi connectivity index (χ3n) is 3.67. The molecule has 2 N–H and O–H groups in total. The highest BCUT2D eigenvalue weighted by atomic mass is 79.9. The quantitative estimate of drug-likeness (QED) is 0.344. The Morgan fingerprint density at radius 1 is 1.32 bits per heavy atom. The number of hydrogen-bond acceptors (Lipinski definition) is 6. The van der Waals surface area contributed by atoms with E-state index in [2.05, 4.69) is 31.6 Å². The Labute approximate surface area is 167 Å². The normalized spacial score (nSPS) is 10.9. The van der Waals surface area contributed by atoms with Crippen LogP contribution in [-0.4, -0.2) is 31.9 Å². The van der Waals surface area contributed by atoms with Crippen LogP contribution in [0.4, 0.5) is 5.69 Å². The van der Waals surface area contributed by atoms with E-state index in [0.717, 1.165) is 5.56 Å². The Morgan fingerprint density at radius 2 is 2.07 bits per heavy atom. The molecule has 0 bridgehead atoms. The van der Waals surface area contributed by atoms with Crippen molar-refractivity contribution in [2.75, 3.05) is 0 Å². The van der Waals surface area contributed by atoms with Crippen LogP contribution in [0.2, 0.25) is 0 Å². The average Bonchev–Trinajstić information content (AvgIpc) is 3.02. The van der Waals surface area contributed by atoms with E-state index >= 15 is 0 Å². The van der Waals surface area contributed by atoms with Crippen LogP contribution < -0.4 is 5.43 Å². The minimum Gasteiger partial charge on any atom is -0.508 e. The van der Waals surface area contributed by atoms with Gasteiger partial charge in [-0.1, -0.05) is 24.3 Å². The van der Waals surface area contributed by atoms with Gasteiger partial charge in [-0.3, -0.25) is 19.6 Å². The summed E-state index contributed by atoms with van der Waals surface area (Å²) in [6.45, 7) is 0.344. The number of nitro benzene ring substituents is 1. The molecule has 1 heterocycles. The van der Waals surface area contributed by atoms with E-state index in [9.17, 15) is 20.0 Å². The van der Waals surface area contributed by atoms with Gasteiger partial charge in [0.2, 0.25) is 0 Å². The van der Waals surface area contributed by atoms with Crippen molar-refractivity contribution in [2.24, 2.45) is 5.10 Å². The summed E-state index contributed by atoms with van der Waals surface area (Å²) in [7, 11) is 0. The molecule has 0 radical (unpaired) electrons. The molecular formula is C18H14BrN5O4. The molecule has 1 aromatic heterocycles. The van der Waals surface area contributed by atoms with Gasteiger partial charge in [0.1, 0.15) is 5.75 Å². The molecule has 3 aromatic rings. The van der Waals surface area contributed by atoms with Gasteiger partial charge in [-0.15, -0.1) is 0 Å². The molecule has 0 aliphatic carbocycles. The van der Waals surface area contributed by atoms with Gasteiger partial charge in [-0.25, -0.2) is 5.43 Å². The maximum atomic E-state index is 12.3. The van der Waals surface area contributed by atoms with E-state index in [1.165, 1.54) is 30.5 Å². The molecule has 0 spiro atoms. The largest absolute Gasteiger partial charge is 0.508 e. The van der Waals surface area contributed by atoms with E-state index in [-0.39, 0.29) is 17.1 Å². The van der Waals surface area contributed by atoms with E-state index in [0.29, 0.717) is 16.6 Å². The number of carbonyl (C=O) groups is 1. The van der Waals surface area contributed by atoms with Crippen molar-refractivity contribution < 1.29 is 14.8 Å². The number of benzene rings is 2. The van der Waals surface area contributed by atoms with Crippen LogP contribution in [0.5, 0.6) is 5.75 Å². The van der Waals surface area contributed by atoms with Crippen LogP contribution in [0.25, 0.3) is 0 Å². The third kappa shape index (κ3) is 4.80. The van der Waals surface area contributed by atoms with Gasteiger partial charge in [0.15, 0.2) is 5.69 Å². The molecule has 0 saturated carbocycles. The third-order valence-corrected chi connectivity index (χ3v) is 4.25. The fraction of sp³-hybridized carbons (Fsp3) is 0.0556. The molecule has 0 aliphatic heterocycles. The molecule has 1 amide bonds. The lowest BCUT2D eigenvalue weighted by Gasteiger charge is -2.01. The zero-order valence-corrected chi connectivity index (χ0v) is 15.9. The second kappa shape index (κ2) is 8.44. The number of nitrogens with one attached hydrogen (secondary N) is 1. The number of hydrazone groups is 1. The number of rotatable bonds is 6. The highest BCUT2D eigenvalue weighted by Gasteiger charge is 2.15. The lowest BCUT2D eigenvalue weighted by molar-refractivity contribution is -0.384. The topological polar surface area (TPSA) is 123 Å². The lowest BCUT2D eigenvalue weighted by Crippen LogP contribution is -2.19. The Kier molecular flexibility index (Phi) is 5.80. The number of carbonyl (C=O) groups excluding carboxylic acids is 1. The number of nitrogens with zero attached hydrogens (tertiary/aromatic N) is 4. The molecule has 0 aliphatic rings. The molecule has 28 heavy (non-hydrogen) atoms. The molecule has 3 rings (SSSR count). The van der Waals surface area contributed by atoms with Gasteiger partial charge in [-0.05, 0) is 39.2 Å². The van der Waals surface area contributed by atoms with Crippen molar-refractivity contribution in [1.29, 1.82) is 0 Å². The number of halogens is 1. The maximum absolute atomic E-state index is 12.3.